The number of amides is 1. The van der Waals surface area contributed by atoms with E-state index in [2.05, 4.69) is 39.8 Å². The van der Waals surface area contributed by atoms with Crippen LogP contribution in [-0.2, 0) is 0 Å². The molecular weight excluding hydrogens is 456 g/mol. The number of anilines is 1. The van der Waals surface area contributed by atoms with E-state index in [0.29, 0.717) is 23.0 Å². The highest BCUT2D eigenvalue weighted by molar-refractivity contribution is 9.10. The molecular formula is C24H29BrN4O2. The number of rotatable bonds is 8. The summed E-state index contributed by atoms with van der Waals surface area (Å²) in [6, 6.07) is 14.7. The Morgan fingerprint density at radius 1 is 1.03 bits per heavy atom. The van der Waals surface area contributed by atoms with Crippen molar-refractivity contribution in [3.63, 3.8) is 0 Å². The van der Waals surface area contributed by atoms with E-state index in [4.69, 9.17) is 0 Å². The Bertz CT molecular complexity index is 1120. The van der Waals surface area contributed by atoms with Crippen molar-refractivity contribution in [3.05, 3.63) is 69.1 Å². The van der Waals surface area contributed by atoms with Gasteiger partial charge < -0.3 is 9.80 Å². The second-order valence-electron chi connectivity index (χ2n) is 7.70. The van der Waals surface area contributed by atoms with Crippen molar-refractivity contribution in [1.82, 2.24) is 14.7 Å². The van der Waals surface area contributed by atoms with E-state index in [1.807, 2.05) is 50.2 Å². The molecule has 0 aliphatic heterocycles. The molecule has 0 fully saturated rings. The van der Waals surface area contributed by atoms with Crippen molar-refractivity contribution >= 4 is 38.3 Å². The molecule has 1 aromatic heterocycles. The zero-order valence-electron chi connectivity index (χ0n) is 18.5. The molecule has 3 aromatic rings. The van der Waals surface area contributed by atoms with Crippen LogP contribution >= 0.6 is 15.9 Å². The molecule has 0 bridgehead atoms. The zero-order chi connectivity index (χ0) is 22.5. The van der Waals surface area contributed by atoms with Gasteiger partial charge in [-0.1, -0.05) is 54.0 Å². The lowest BCUT2D eigenvalue weighted by Crippen LogP contribution is -2.40. The predicted octanol–water partition coefficient (Wildman–Crippen LogP) is 4.73. The second-order valence-corrected chi connectivity index (χ2v) is 8.62. The monoisotopic (exact) mass is 484 g/mol. The molecule has 3 rings (SSSR count). The number of carbonyl (C=O) groups is 1. The van der Waals surface area contributed by atoms with Crippen molar-refractivity contribution in [2.24, 2.45) is 0 Å². The lowest BCUT2D eigenvalue weighted by molar-refractivity contribution is 0.0978. The van der Waals surface area contributed by atoms with Gasteiger partial charge in [0.25, 0.3) is 11.5 Å². The van der Waals surface area contributed by atoms with Crippen LogP contribution in [0.15, 0.2) is 57.8 Å². The fraction of sp³-hybridized carbons (Fsp3) is 0.375. The third kappa shape index (κ3) is 5.05. The van der Waals surface area contributed by atoms with Crippen LogP contribution in [0.3, 0.4) is 0 Å². The van der Waals surface area contributed by atoms with Crippen LogP contribution in [0.2, 0.25) is 0 Å². The minimum Gasteiger partial charge on any atom is -0.306 e. The quantitative estimate of drug-likeness (QED) is 0.463. The number of nitrogens with zero attached hydrogens (tertiary/aromatic N) is 4. The largest absolute Gasteiger partial charge is 0.306 e. The molecule has 0 aliphatic carbocycles. The van der Waals surface area contributed by atoms with E-state index in [1.165, 1.54) is 4.68 Å². The number of halogens is 1. The maximum Gasteiger partial charge on any atom is 0.279 e. The van der Waals surface area contributed by atoms with E-state index in [0.717, 1.165) is 29.8 Å². The highest BCUT2D eigenvalue weighted by Crippen LogP contribution is 2.24. The Kier molecular flexibility index (Phi) is 7.62. The van der Waals surface area contributed by atoms with Crippen LogP contribution in [0, 0.1) is 0 Å². The Morgan fingerprint density at radius 3 is 2.32 bits per heavy atom. The summed E-state index contributed by atoms with van der Waals surface area (Å²) < 4.78 is 2.30. The molecule has 31 heavy (non-hydrogen) atoms. The average molecular weight is 485 g/mol. The molecule has 0 atom stereocenters. The van der Waals surface area contributed by atoms with Crippen LogP contribution in [0.4, 0.5) is 5.69 Å². The summed E-state index contributed by atoms with van der Waals surface area (Å²) in [5.74, 6) is -0.212. The number of likely N-dealkylation sites (N-methyl/N-ethyl adjacent to an activating group) is 1. The maximum absolute atomic E-state index is 13.9. The molecule has 0 saturated heterocycles. The van der Waals surface area contributed by atoms with Gasteiger partial charge in [0.05, 0.1) is 11.4 Å². The first-order valence-electron chi connectivity index (χ1n) is 10.7. The highest BCUT2D eigenvalue weighted by Gasteiger charge is 2.24. The molecule has 0 unspecified atom stereocenters. The first-order chi connectivity index (χ1) is 14.9. The number of hydrogen-bond donors (Lipinski definition) is 0. The van der Waals surface area contributed by atoms with Gasteiger partial charge in [-0.2, -0.15) is 5.10 Å². The number of carbonyl (C=O) groups excluding carboxylic acids is 1. The van der Waals surface area contributed by atoms with Gasteiger partial charge in [0.2, 0.25) is 0 Å². The molecule has 7 heteroatoms. The van der Waals surface area contributed by atoms with E-state index in [-0.39, 0.29) is 17.5 Å². The van der Waals surface area contributed by atoms with Gasteiger partial charge in [0.15, 0.2) is 5.69 Å². The SMILES string of the molecule is CCN(CC)CCN(C(=O)c1nn(C(C)C)c(=O)c2ccccc12)c1cccc(Br)c1. The van der Waals surface area contributed by atoms with Gasteiger partial charge >= 0.3 is 0 Å². The van der Waals surface area contributed by atoms with Crippen LogP contribution in [0.5, 0.6) is 0 Å². The fourth-order valence-electron chi connectivity index (χ4n) is 3.62. The van der Waals surface area contributed by atoms with Crippen LogP contribution in [-0.4, -0.2) is 46.8 Å². The van der Waals surface area contributed by atoms with E-state index < -0.39 is 0 Å². The number of aromatic nitrogens is 2. The molecule has 164 valence electrons. The lowest BCUT2D eigenvalue weighted by atomic mass is 10.1. The first-order valence-corrected chi connectivity index (χ1v) is 11.5. The van der Waals surface area contributed by atoms with Crippen molar-refractivity contribution in [2.45, 2.75) is 33.7 Å². The Hall–Kier alpha value is -2.51. The van der Waals surface area contributed by atoms with Gasteiger partial charge in [-0.15, -0.1) is 0 Å². The fourth-order valence-corrected chi connectivity index (χ4v) is 4.00. The number of fused-ring (bicyclic) bond motifs is 1. The van der Waals surface area contributed by atoms with Crippen molar-refractivity contribution in [1.29, 1.82) is 0 Å². The Labute approximate surface area is 191 Å². The summed E-state index contributed by atoms with van der Waals surface area (Å²) in [4.78, 5) is 30.8. The molecule has 0 radical (unpaired) electrons. The standard InChI is InChI=1S/C24H29BrN4O2/c1-5-27(6-2)14-15-28(19-11-9-10-18(25)16-19)24(31)22-20-12-7-8-13-21(20)23(30)29(26-22)17(3)4/h7-13,16-17H,5-6,14-15H2,1-4H3. The summed E-state index contributed by atoms with van der Waals surface area (Å²) >= 11 is 3.51. The number of hydrogen-bond acceptors (Lipinski definition) is 4. The molecule has 2 aromatic carbocycles. The van der Waals surface area contributed by atoms with Crippen LogP contribution in [0.1, 0.15) is 44.2 Å². The van der Waals surface area contributed by atoms with E-state index >= 15 is 0 Å². The summed E-state index contributed by atoms with van der Waals surface area (Å²) in [6.45, 7) is 11.1. The summed E-state index contributed by atoms with van der Waals surface area (Å²) in [6.07, 6.45) is 0. The van der Waals surface area contributed by atoms with E-state index in [9.17, 15) is 9.59 Å². The topological polar surface area (TPSA) is 58.4 Å². The maximum atomic E-state index is 13.9. The van der Waals surface area contributed by atoms with Crippen molar-refractivity contribution < 1.29 is 4.79 Å². The highest BCUT2D eigenvalue weighted by atomic mass is 79.9. The molecule has 0 spiro atoms. The Balaban J connectivity index is 2.14. The van der Waals surface area contributed by atoms with Gasteiger partial charge in [0, 0.05) is 28.6 Å². The predicted molar refractivity (Wildman–Crippen MR) is 130 cm³/mol. The molecule has 1 amide bonds. The second kappa shape index (κ2) is 10.2. The lowest BCUT2D eigenvalue weighted by Gasteiger charge is -2.27. The Morgan fingerprint density at radius 2 is 1.71 bits per heavy atom. The average Bonchev–Trinajstić information content (AvgIpc) is 2.76. The molecule has 0 saturated carbocycles. The zero-order valence-corrected chi connectivity index (χ0v) is 20.1. The summed E-state index contributed by atoms with van der Waals surface area (Å²) in [7, 11) is 0. The van der Waals surface area contributed by atoms with Crippen molar-refractivity contribution in [2.75, 3.05) is 31.1 Å². The first kappa shape index (κ1) is 23.2. The summed E-state index contributed by atoms with van der Waals surface area (Å²) in [5.41, 5.74) is 0.905. The van der Waals surface area contributed by atoms with Crippen molar-refractivity contribution in [3.8, 4) is 0 Å². The normalized spacial score (nSPS) is 11.5. The third-order valence-corrected chi connectivity index (χ3v) is 5.91. The van der Waals surface area contributed by atoms with Crippen LogP contribution in [0.25, 0.3) is 10.8 Å². The molecule has 6 nitrogen and oxygen atoms in total. The van der Waals surface area contributed by atoms with E-state index in [1.54, 1.807) is 17.0 Å². The van der Waals surface area contributed by atoms with Gasteiger partial charge in [-0.25, -0.2) is 4.68 Å². The third-order valence-electron chi connectivity index (χ3n) is 5.42. The summed E-state index contributed by atoms with van der Waals surface area (Å²) in [5, 5.41) is 5.61. The van der Waals surface area contributed by atoms with Crippen LogP contribution < -0.4 is 10.5 Å². The smallest absolute Gasteiger partial charge is 0.279 e. The number of benzene rings is 2. The minimum absolute atomic E-state index is 0.154. The van der Waals surface area contributed by atoms with Gasteiger partial charge in [-0.3, -0.25) is 9.59 Å². The molecule has 0 aliphatic rings. The van der Waals surface area contributed by atoms with Gasteiger partial charge in [-0.05, 0) is 51.2 Å². The van der Waals surface area contributed by atoms with Gasteiger partial charge in [0.1, 0.15) is 0 Å². The minimum atomic E-state index is -0.212. The molecule has 0 N–H and O–H groups in total. The molecule has 1 heterocycles.